The highest BCUT2D eigenvalue weighted by Crippen LogP contribution is 2.22. The first-order valence-corrected chi connectivity index (χ1v) is 9.81. The molecule has 9 nitrogen and oxygen atoms in total. The normalized spacial score (nSPS) is 10.3. The van der Waals surface area contributed by atoms with E-state index in [0.717, 1.165) is 0 Å². The van der Waals surface area contributed by atoms with Crippen molar-refractivity contribution in [2.45, 2.75) is 12.8 Å². The highest BCUT2D eigenvalue weighted by atomic mass is 32.1. The summed E-state index contributed by atoms with van der Waals surface area (Å²) in [5, 5.41) is 7.54. The summed E-state index contributed by atoms with van der Waals surface area (Å²) >= 11 is 1.30. The number of ether oxygens (including phenoxy) is 2. The molecule has 0 radical (unpaired) electrons. The standard InChI is InChI=1S/C19H24N4O5S/c1-27-10-8-20-17(25)13-23(14-4-3-5-15(12-14)28-2)18(26)7-6-16(24)22-19-21-9-11-29-19/h3-5,9,11-12H,6-8,10,13H2,1-2H3,(H,20,25)(H,21,22,24). The number of aromatic nitrogens is 1. The average molecular weight is 420 g/mol. The van der Waals surface area contributed by atoms with Crippen LogP contribution in [-0.4, -0.2) is 56.6 Å². The molecule has 29 heavy (non-hydrogen) atoms. The Morgan fingerprint density at radius 2 is 2.00 bits per heavy atom. The second-order valence-electron chi connectivity index (χ2n) is 5.91. The second-order valence-corrected chi connectivity index (χ2v) is 6.80. The van der Waals surface area contributed by atoms with Crippen LogP contribution in [0.3, 0.4) is 0 Å². The molecule has 1 heterocycles. The predicted molar refractivity (Wildman–Crippen MR) is 110 cm³/mol. The lowest BCUT2D eigenvalue weighted by Gasteiger charge is -2.23. The summed E-state index contributed by atoms with van der Waals surface area (Å²) in [6, 6.07) is 6.84. The monoisotopic (exact) mass is 420 g/mol. The number of carbonyl (C=O) groups is 3. The number of nitrogens with zero attached hydrogens (tertiary/aromatic N) is 2. The number of hydrogen-bond donors (Lipinski definition) is 2. The molecule has 0 atom stereocenters. The number of carbonyl (C=O) groups excluding carboxylic acids is 3. The summed E-state index contributed by atoms with van der Waals surface area (Å²) in [5.74, 6) is -0.440. The lowest BCUT2D eigenvalue weighted by Crippen LogP contribution is -2.42. The van der Waals surface area contributed by atoms with Gasteiger partial charge in [0.15, 0.2) is 5.13 Å². The summed E-state index contributed by atoms with van der Waals surface area (Å²) < 4.78 is 10.1. The Labute approximate surface area is 173 Å². The zero-order valence-corrected chi connectivity index (χ0v) is 17.2. The lowest BCUT2D eigenvalue weighted by atomic mass is 10.2. The maximum atomic E-state index is 12.8. The zero-order valence-electron chi connectivity index (χ0n) is 16.3. The van der Waals surface area contributed by atoms with Crippen molar-refractivity contribution in [1.82, 2.24) is 10.3 Å². The Balaban J connectivity index is 2.03. The molecule has 0 aliphatic carbocycles. The van der Waals surface area contributed by atoms with Gasteiger partial charge in [0.25, 0.3) is 0 Å². The van der Waals surface area contributed by atoms with Crippen LogP contribution in [0.2, 0.25) is 0 Å². The van der Waals surface area contributed by atoms with Gasteiger partial charge >= 0.3 is 0 Å². The largest absolute Gasteiger partial charge is 0.497 e. The van der Waals surface area contributed by atoms with Crippen LogP contribution in [0.1, 0.15) is 12.8 Å². The van der Waals surface area contributed by atoms with Crippen molar-refractivity contribution in [3.63, 3.8) is 0 Å². The number of hydrogen-bond acceptors (Lipinski definition) is 7. The minimum absolute atomic E-state index is 0.0236. The number of nitrogens with one attached hydrogen (secondary N) is 2. The van der Waals surface area contributed by atoms with Gasteiger partial charge in [-0.1, -0.05) is 6.07 Å². The van der Waals surface area contributed by atoms with Crippen molar-refractivity contribution in [2.75, 3.05) is 44.1 Å². The van der Waals surface area contributed by atoms with Crippen LogP contribution in [0.5, 0.6) is 5.75 Å². The fraction of sp³-hybridized carbons (Fsp3) is 0.368. The number of anilines is 2. The van der Waals surface area contributed by atoms with Crippen LogP contribution in [0.25, 0.3) is 0 Å². The van der Waals surface area contributed by atoms with Gasteiger partial charge in [0, 0.05) is 49.8 Å². The summed E-state index contributed by atoms with van der Waals surface area (Å²) in [6.45, 7) is 0.533. The maximum absolute atomic E-state index is 12.8. The molecule has 0 spiro atoms. The topological polar surface area (TPSA) is 110 Å². The van der Waals surface area contributed by atoms with Crippen molar-refractivity contribution >= 4 is 39.9 Å². The summed E-state index contributed by atoms with van der Waals surface area (Å²) in [5.41, 5.74) is 0.511. The maximum Gasteiger partial charge on any atom is 0.240 e. The molecule has 0 aliphatic heterocycles. The fourth-order valence-electron chi connectivity index (χ4n) is 2.42. The highest BCUT2D eigenvalue weighted by Gasteiger charge is 2.20. The molecule has 0 bridgehead atoms. The smallest absolute Gasteiger partial charge is 0.240 e. The van der Waals surface area contributed by atoms with E-state index in [4.69, 9.17) is 9.47 Å². The quantitative estimate of drug-likeness (QED) is 0.535. The van der Waals surface area contributed by atoms with Crippen LogP contribution < -0.4 is 20.3 Å². The molecule has 0 saturated heterocycles. The third-order valence-electron chi connectivity index (χ3n) is 3.84. The van der Waals surface area contributed by atoms with Crippen molar-refractivity contribution in [1.29, 1.82) is 0 Å². The van der Waals surface area contributed by atoms with E-state index in [-0.39, 0.29) is 37.1 Å². The first-order valence-electron chi connectivity index (χ1n) is 8.93. The van der Waals surface area contributed by atoms with Crippen molar-refractivity contribution < 1.29 is 23.9 Å². The molecular formula is C19H24N4O5S. The van der Waals surface area contributed by atoms with E-state index in [0.29, 0.717) is 29.7 Å². The van der Waals surface area contributed by atoms with E-state index in [9.17, 15) is 14.4 Å². The van der Waals surface area contributed by atoms with E-state index in [1.54, 1.807) is 35.8 Å². The molecule has 0 fully saturated rings. The highest BCUT2D eigenvalue weighted by molar-refractivity contribution is 7.13. The first kappa shape index (κ1) is 22.3. The van der Waals surface area contributed by atoms with Gasteiger partial charge in [-0.2, -0.15) is 0 Å². The van der Waals surface area contributed by atoms with Crippen LogP contribution in [-0.2, 0) is 19.1 Å². The van der Waals surface area contributed by atoms with E-state index < -0.39 is 0 Å². The number of benzene rings is 1. The van der Waals surface area contributed by atoms with Gasteiger partial charge in [0.05, 0.1) is 13.7 Å². The SMILES string of the molecule is COCCNC(=O)CN(C(=O)CCC(=O)Nc1nccs1)c1cccc(OC)c1. The third-order valence-corrected chi connectivity index (χ3v) is 4.53. The first-order chi connectivity index (χ1) is 14.0. The Bertz CT molecular complexity index is 813. The second kappa shape index (κ2) is 11.8. The van der Waals surface area contributed by atoms with Crippen molar-refractivity contribution in [3.05, 3.63) is 35.8 Å². The van der Waals surface area contributed by atoms with Crippen molar-refractivity contribution in [2.24, 2.45) is 0 Å². The van der Waals surface area contributed by atoms with Crippen LogP contribution in [0, 0.1) is 0 Å². The molecule has 3 amide bonds. The zero-order chi connectivity index (χ0) is 21.1. The molecular weight excluding hydrogens is 396 g/mol. The number of rotatable bonds is 11. The van der Waals surface area contributed by atoms with E-state index in [1.165, 1.54) is 30.5 Å². The molecule has 1 aromatic heterocycles. The Kier molecular flexibility index (Phi) is 9.06. The molecule has 10 heteroatoms. The Hall–Kier alpha value is -2.98. The molecule has 0 saturated carbocycles. The molecule has 2 aromatic rings. The van der Waals surface area contributed by atoms with E-state index >= 15 is 0 Å². The summed E-state index contributed by atoms with van der Waals surface area (Å²) in [6.07, 6.45) is 1.50. The van der Waals surface area contributed by atoms with Crippen LogP contribution in [0.15, 0.2) is 35.8 Å². The lowest BCUT2D eigenvalue weighted by molar-refractivity contribution is -0.125. The summed E-state index contributed by atoms with van der Waals surface area (Å²) in [7, 11) is 3.06. The van der Waals surface area contributed by atoms with Gasteiger partial charge in [-0.05, 0) is 12.1 Å². The Morgan fingerprint density at radius 1 is 1.17 bits per heavy atom. The van der Waals surface area contributed by atoms with E-state index in [2.05, 4.69) is 15.6 Å². The molecule has 0 aliphatic rings. The molecule has 2 N–H and O–H groups in total. The molecule has 156 valence electrons. The van der Waals surface area contributed by atoms with Crippen LogP contribution >= 0.6 is 11.3 Å². The number of methoxy groups -OCH3 is 2. The van der Waals surface area contributed by atoms with Crippen molar-refractivity contribution in [3.8, 4) is 5.75 Å². The van der Waals surface area contributed by atoms with Crippen LogP contribution in [0.4, 0.5) is 10.8 Å². The minimum Gasteiger partial charge on any atom is -0.497 e. The van der Waals surface area contributed by atoms with Gasteiger partial charge in [-0.15, -0.1) is 11.3 Å². The summed E-state index contributed by atoms with van der Waals surface area (Å²) in [4.78, 5) is 42.4. The molecule has 0 unspecified atom stereocenters. The van der Waals surface area contributed by atoms with Gasteiger partial charge in [-0.3, -0.25) is 14.4 Å². The Morgan fingerprint density at radius 3 is 2.69 bits per heavy atom. The van der Waals surface area contributed by atoms with Gasteiger partial charge in [-0.25, -0.2) is 4.98 Å². The number of amides is 3. The number of thiazole rings is 1. The third kappa shape index (κ3) is 7.51. The van der Waals surface area contributed by atoms with Gasteiger partial charge in [0.2, 0.25) is 17.7 Å². The van der Waals surface area contributed by atoms with Gasteiger partial charge in [0.1, 0.15) is 12.3 Å². The minimum atomic E-state index is -0.352. The van der Waals surface area contributed by atoms with E-state index in [1.807, 2.05) is 0 Å². The van der Waals surface area contributed by atoms with Gasteiger partial charge < -0.3 is 25.0 Å². The predicted octanol–water partition coefficient (Wildman–Crippen LogP) is 1.67. The fourth-order valence-corrected chi connectivity index (χ4v) is 2.96. The molecule has 2 rings (SSSR count). The molecule has 1 aromatic carbocycles. The average Bonchev–Trinajstić information content (AvgIpc) is 3.23.